The molecule has 2 aromatic carbocycles. The topological polar surface area (TPSA) is 73.2 Å². The van der Waals surface area contributed by atoms with E-state index in [2.05, 4.69) is 10.4 Å². The van der Waals surface area contributed by atoms with Gasteiger partial charge >= 0.3 is 5.97 Å². The molecule has 0 unspecified atom stereocenters. The van der Waals surface area contributed by atoms with Crippen LogP contribution in [0.3, 0.4) is 0 Å². The average molecular weight is 412 g/mol. The van der Waals surface area contributed by atoms with Crippen LogP contribution >= 0.6 is 11.6 Å². The van der Waals surface area contributed by atoms with E-state index >= 15 is 0 Å². The Balaban J connectivity index is 1.64. The van der Waals surface area contributed by atoms with Crippen LogP contribution in [0.1, 0.15) is 32.7 Å². The van der Waals surface area contributed by atoms with E-state index in [1.807, 2.05) is 56.3 Å². The number of para-hydroxylation sites is 1. The minimum atomic E-state index is -0.678. The Bertz CT molecular complexity index is 1040. The lowest BCUT2D eigenvalue weighted by Gasteiger charge is -2.09. The van der Waals surface area contributed by atoms with Crippen molar-refractivity contribution in [3.63, 3.8) is 0 Å². The molecule has 29 heavy (non-hydrogen) atoms. The highest BCUT2D eigenvalue weighted by Crippen LogP contribution is 2.22. The molecule has 3 rings (SSSR count). The molecule has 0 bridgehead atoms. The second-order valence-electron chi connectivity index (χ2n) is 6.83. The lowest BCUT2D eigenvalue weighted by molar-refractivity contribution is -0.119. The molecular weight excluding hydrogens is 390 g/mol. The van der Waals surface area contributed by atoms with E-state index in [9.17, 15) is 9.59 Å². The van der Waals surface area contributed by atoms with Crippen molar-refractivity contribution >= 4 is 29.2 Å². The van der Waals surface area contributed by atoms with Gasteiger partial charge in [-0.05, 0) is 38.0 Å². The summed E-state index contributed by atoms with van der Waals surface area (Å²) in [4.78, 5) is 24.6. The van der Waals surface area contributed by atoms with E-state index in [1.165, 1.54) is 0 Å². The number of carbonyl (C=O) groups excluding carboxylic acids is 2. The number of rotatable bonds is 6. The number of anilines is 1. The number of carbonyl (C=O) groups is 2. The van der Waals surface area contributed by atoms with E-state index in [0.29, 0.717) is 17.9 Å². The van der Waals surface area contributed by atoms with Crippen molar-refractivity contribution in [2.24, 2.45) is 0 Å². The Morgan fingerprint density at radius 2 is 1.76 bits per heavy atom. The van der Waals surface area contributed by atoms with Gasteiger partial charge in [0, 0.05) is 5.69 Å². The van der Waals surface area contributed by atoms with Gasteiger partial charge in [-0.15, -0.1) is 0 Å². The van der Waals surface area contributed by atoms with Crippen LogP contribution in [0, 0.1) is 20.8 Å². The minimum Gasteiger partial charge on any atom is -0.452 e. The zero-order valence-electron chi connectivity index (χ0n) is 16.5. The molecule has 6 nitrogen and oxygen atoms in total. The van der Waals surface area contributed by atoms with Gasteiger partial charge < -0.3 is 10.1 Å². The van der Waals surface area contributed by atoms with Crippen LogP contribution in [0.4, 0.5) is 5.69 Å². The molecule has 0 atom stereocenters. The molecule has 0 saturated heterocycles. The quantitative estimate of drug-likeness (QED) is 0.613. The standard InChI is InChI=1S/C22H22ClN3O3/c1-14-8-10-17(11-9-14)12-26-21(23)20(16(3)25-26)22(28)29-13-19(27)24-18-7-5-4-6-15(18)2/h4-11H,12-13H2,1-3H3,(H,24,27). The third-order valence-corrected chi connectivity index (χ3v) is 4.86. The van der Waals surface area contributed by atoms with E-state index in [-0.39, 0.29) is 10.7 Å². The van der Waals surface area contributed by atoms with Crippen molar-refractivity contribution in [2.75, 3.05) is 11.9 Å². The fraction of sp³-hybridized carbons (Fsp3) is 0.227. The van der Waals surface area contributed by atoms with Crippen LogP contribution in [-0.2, 0) is 16.1 Å². The molecule has 1 amide bonds. The van der Waals surface area contributed by atoms with Gasteiger partial charge in [-0.25, -0.2) is 9.48 Å². The summed E-state index contributed by atoms with van der Waals surface area (Å²) in [6, 6.07) is 15.3. The third kappa shape index (κ3) is 5.03. The maximum absolute atomic E-state index is 12.5. The molecule has 7 heteroatoms. The second kappa shape index (κ2) is 8.92. The number of halogens is 1. The average Bonchev–Trinajstić information content (AvgIpc) is 2.97. The number of aryl methyl sites for hydroxylation is 3. The van der Waals surface area contributed by atoms with Crippen LogP contribution in [0.5, 0.6) is 0 Å². The summed E-state index contributed by atoms with van der Waals surface area (Å²) in [5.74, 6) is -1.10. The lowest BCUT2D eigenvalue weighted by atomic mass is 10.1. The van der Waals surface area contributed by atoms with Gasteiger partial charge in [0.15, 0.2) is 6.61 Å². The molecule has 3 aromatic rings. The number of esters is 1. The number of benzene rings is 2. The van der Waals surface area contributed by atoms with Gasteiger partial charge in [-0.1, -0.05) is 59.6 Å². The molecule has 1 heterocycles. The lowest BCUT2D eigenvalue weighted by Crippen LogP contribution is -2.21. The summed E-state index contributed by atoms with van der Waals surface area (Å²) in [6.45, 7) is 5.60. The normalized spacial score (nSPS) is 10.6. The first-order valence-corrected chi connectivity index (χ1v) is 9.54. The molecule has 1 N–H and O–H groups in total. The van der Waals surface area contributed by atoms with E-state index in [1.54, 1.807) is 17.7 Å². The molecule has 150 valence electrons. The van der Waals surface area contributed by atoms with Crippen LogP contribution in [0.15, 0.2) is 48.5 Å². The Kier molecular flexibility index (Phi) is 6.34. The maximum Gasteiger partial charge on any atom is 0.343 e. The molecule has 0 saturated carbocycles. The first-order chi connectivity index (χ1) is 13.8. The van der Waals surface area contributed by atoms with Gasteiger partial charge in [0.1, 0.15) is 10.7 Å². The largest absolute Gasteiger partial charge is 0.452 e. The van der Waals surface area contributed by atoms with Gasteiger partial charge in [0.2, 0.25) is 0 Å². The molecule has 0 radical (unpaired) electrons. The summed E-state index contributed by atoms with van der Waals surface area (Å²) >= 11 is 6.37. The van der Waals surface area contributed by atoms with Crippen molar-refractivity contribution in [2.45, 2.75) is 27.3 Å². The Morgan fingerprint density at radius 3 is 2.45 bits per heavy atom. The van der Waals surface area contributed by atoms with Crippen molar-refractivity contribution in [1.82, 2.24) is 9.78 Å². The summed E-state index contributed by atoms with van der Waals surface area (Å²) in [5.41, 5.74) is 4.38. The molecule has 0 spiro atoms. The van der Waals surface area contributed by atoms with Crippen LogP contribution < -0.4 is 5.32 Å². The smallest absolute Gasteiger partial charge is 0.343 e. The molecular formula is C22H22ClN3O3. The highest BCUT2D eigenvalue weighted by atomic mass is 35.5. The fourth-order valence-electron chi connectivity index (χ4n) is 2.86. The molecule has 0 fully saturated rings. The van der Waals surface area contributed by atoms with Crippen LogP contribution in [0.25, 0.3) is 0 Å². The van der Waals surface area contributed by atoms with Crippen molar-refractivity contribution in [3.05, 3.63) is 81.6 Å². The summed E-state index contributed by atoms with van der Waals surface area (Å²) in [7, 11) is 0. The van der Waals surface area contributed by atoms with Crippen molar-refractivity contribution in [3.8, 4) is 0 Å². The Morgan fingerprint density at radius 1 is 1.07 bits per heavy atom. The van der Waals surface area contributed by atoms with Crippen LogP contribution in [0.2, 0.25) is 5.15 Å². The summed E-state index contributed by atoms with van der Waals surface area (Å²) in [6.07, 6.45) is 0. The van der Waals surface area contributed by atoms with Crippen LogP contribution in [-0.4, -0.2) is 28.3 Å². The van der Waals surface area contributed by atoms with E-state index in [0.717, 1.165) is 16.7 Å². The number of aromatic nitrogens is 2. The Labute approximate surface area is 174 Å². The number of hydrogen-bond donors (Lipinski definition) is 1. The predicted molar refractivity (Wildman–Crippen MR) is 112 cm³/mol. The highest BCUT2D eigenvalue weighted by Gasteiger charge is 2.22. The third-order valence-electron chi connectivity index (χ3n) is 4.48. The van der Waals surface area contributed by atoms with Gasteiger partial charge in [0.05, 0.1) is 12.2 Å². The number of nitrogens with one attached hydrogen (secondary N) is 1. The zero-order valence-corrected chi connectivity index (χ0v) is 17.3. The molecule has 0 aliphatic carbocycles. The minimum absolute atomic E-state index is 0.169. The molecule has 1 aromatic heterocycles. The predicted octanol–water partition coefficient (Wildman–Crippen LogP) is 4.31. The maximum atomic E-state index is 12.5. The number of ether oxygens (including phenoxy) is 1. The number of amides is 1. The van der Waals surface area contributed by atoms with Crippen molar-refractivity contribution < 1.29 is 14.3 Å². The number of nitrogens with zero attached hydrogens (tertiary/aromatic N) is 2. The fourth-order valence-corrected chi connectivity index (χ4v) is 3.17. The highest BCUT2D eigenvalue weighted by molar-refractivity contribution is 6.32. The first-order valence-electron chi connectivity index (χ1n) is 9.16. The SMILES string of the molecule is Cc1ccc(Cn2nc(C)c(C(=O)OCC(=O)Nc3ccccc3C)c2Cl)cc1. The molecule has 0 aliphatic heterocycles. The number of hydrogen-bond acceptors (Lipinski definition) is 4. The van der Waals surface area contributed by atoms with Gasteiger partial charge in [-0.3, -0.25) is 4.79 Å². The van der Waals surface area contributed by atoms with Gasteiger partial charge in [-0.2, -0.15) is 5.10 Å². The monoisotopic (exact) mass is 411 g/mol. The van der Waals surface area contributed by atoms with E-state index in [4.69, 9.17) is 16.3 Å². The summed E-state index contributed by atoms with van der Waals surface area (Å²) in [5, 5.41) is 7.24. The van der Waals surface area contributed by atoms with Gasteiger partial charge in [0.25, 0.3) is 5.91 Å². The Hall–Kier alpha value is -3.12. The first kappa shape index (κ1) is 20.6. The van der Waals surface area contributed by atoms with Crippen molar-refractivity contribution in [1.29, 1.82) is 0 Å². The summed E-state index contributed by atoms with van der Waals surface area (Å²) < 4.78 is 6.70. The molecule has 0 aliphatic rings. The zero-order chi connectivity index (χ0) is 21.0. The second-order valence-corrected chi connectivity index (χ2v) is 7.19. The van der Waals surface area contributed by atoms with E-state index < -0.39 is 18.5 Å².